The Hall–Kier alpha value is -2.80. The number of rotatable bonds is 5. The molecule has 0 aliphatic heterocycles. The predicted molar refractivity (Wildman–Crippen MR) is 96.7 cm³/mol. The van der Waals surface area contributed by atoms with Gasteiger partial charge in [0.15, 0.2) is 6.61 Å². The van der Waals surface area contributed by atoms with Gasteiger partial charge in [-0.3, -0.25) is 4.79 Å². The van der Waals surface area contributed by atoms with E-state index in [1.165, 1.54) is 7.11 Å². The minimum Gasteiger partial charge on any atom is -0.465 e. The van der Waals surface area contributed by atoms with Gasteiger partial charge in [0.25, 0.3) is 5.91 Å². The number of benzene rings is 1. The molecule has 2 N–H and O–H groups in total. The van der Waals surface area contributed by atoms with E-state index in [9.17, 15) is 14.4 Å². The lowest BCUT2D eigenvalue weighted by Gasteiger charge is -2.08. The summed E-state index contributed by atoms with van der Waals surface area (Å²) in [7, 11) is 1.26. The molecule has 2 rings (SSSR count). The molecular formula is C18H19ClN2O5. The normalized spacial score (nSPS) is 10.3. The number of aromatic amines is 1. The summed E-state index contributed by atoms with van der Waals surface area (Å²) in [6.45, 7) is 4.61. The first-order valence-corrected chi connectivity index (χ1v) is 8.13. The zero-order valence-electron chi connectivity index (χ0n) is 14.9. The molecule has 0 radical (unpaired) electrons. The number of hydrogen-bond acceptors (Lipinski definition) is 5. The zero-order chi connectivity index (χ0) is 19.4. The minimum absolute atomic E-state index is 0.106. The van der Waals surface area contributed by atoms with Crippen molar-refractivity contribution in [2.24, 2.45) is 0 Å². The molecule has 0 unspecified atom stereocenters. The van der Waals surface area contributed by atoms with E-state index in [0.29, 0.717) is 22.0 Å². The van der Waals surface area contributed by atoms with Crippen LogP contribution in [0, 0.1) is 20.8 Å². The minimum atomic E-state index is -0.738. The molecule has 0 atom stereocenters. The van der Waals surface area contributed by atoms with Crippen molar-refractivity contribution in [1.82, 2.24) is 4.98 Å². The molecular weight excluding hydrogens is 360 g/mol. The van der Waals surface area contributed by atoms with Gasteiger partial charge in [-0.1, -0.05) is 17.7 Å². The molecule has 1 aromatic heterocycles. The third kappa shape index (κ3) is 4.23. The Kier molecular flexibility index (Phi) is 6.05. The summed E-state index contributed by atoms with van der Waals surface area (Å²) in [5, 5.41) is 3.11. The van der Waals surface area contributed by atoms with Crippen molar-refractivity contribution in [3.63, 3.8) is 0 Å². The second-order valence-corrected chi connectivity index (χ2v) is 6.11. The Morgan fingerprint density at radius 3 is 2.46 bits per heavy atom. The third-order valence-electron chi connectivity index (χ3n) is 3.82. The monoisotopic (exact) mass is 378 g/mol. The number of esters is 2. The van der Waals surface area contributed by atoms with Gasteiger partial charge < -0.3 is 19.8 Å². The standard InChI is InChI=1S/C18H19ClN2O5/c1-9-5-6-12(7-13(9)19)21-14(22)8-26-18(24)16-10(2)15(11(3)20-16)17(23)25-4/h5-7,20H,8H2,1-4H3,(H,21,22). The van der Waals surface area contributed by atoms with Gasteiger partial charge in [-0.25, -0.2) is 9.59 Å². The Balaban J connectivity index is 2.01. The summed E-state index contributed by atoms with van der Waals surface area (Å²) in [6, 6.07) is 5.07. The highest BCUT2D eigenvalue weighted by Gasteiger charge is 2.23. The molecule has 1 aromatic carbocycles. The molecule has 0 saturated carbocycles. The van der Waals surface area contributed by atoms with E-state index in [4.69, 9.17) is 16.3 Å². The van der Waals surface area contributed by atoms with Crippen LogP contribution in [0.2, 0.25) is 5.02 Å². The molecule has 2 aromatic rings. The number of hydrogen-bond donors (Lipinski definition) is 2. The number of aryl methyl sites for hydroxylation is 2. The Morgan fingerprint density at radius 2 is 1.85 bits per heavy atom. The first kappa shape index (κ1) is 19.5. The summed E-state index contributed by atoms with van der Waals surface area (Å²) < 4.78 is 9.70. The maximum atomic E-state index is 12.2. The van der Waals surface area contributed by atoms with Crippen LogP contribution in [0.5, 0.6) is 0 Å². The number of aromatic nitrogens is 1. The van der Waals surface area contributed by atoms with E-state index in [-0.39, 0.29) is 11.3 Å². The van der Waals surface area contributed by atoms with Crippen LogP contribution in [-0.2, 0) is 14.3 Å². The molecule has 7 nitrogen and oxygen atoms in total. The summed E-state index contributed by atoms with van der Waals surface area (Å²) in [5.41, 5.74) is 2.66. The van der Waals surface area contributed by atoms with Crippen LogP contribution in [0.25, 0.3) is 0 Å². The van der Waals surface area contributed by atoms with E-state index in [2.05, 4.69) is 15.0 Å². The third-order valence-corrected chi connectivity index (χ3v) is 4.23. The highest BCUT2D eigenvalue weighted by atomic mass is 35.5. The van der Waals surface area contributed by atoms with Gasteiger partial charge in [0, 0.05) is 16.4 Å². The molecule has 0 spiro atoms. The number of anilines is 1. The molecule has 1 heterocycles. The first-order chi connectivity index (χ1) is 12.2. The SMILES string of the molecule is COC(=O)c1c(C)[nH]c(C(=O)OCC(=O)Nc2ccc(C)c(Cl)c2)c1C. The Morgan fingerprint density at radius 1 is 1.15 bits per heavy atom. The predicted octanol–water partition coefficient (Wildman–Crippen LogP) is 3.18. The topological polar surface area (TPSA) is 97.5 Å². The number of methoxy groups -OCH3 is 1. The van der Waals surface area contributed by atoms with Crippen molar-refractivity contribution in [3.8, 4) is 0 Å². The molecule has 0 aliphatic rings. The number of H-pyrrole nitrogens is 1. The number of halogens is 1. The molecule has 0 aliphatic carbocycles. The summed E-state index contributed by atoms with van der Waals surface area (Å²) in [5.74, 6) is -1.80. The highest BCUT2D eigenvalue weighted by Crippen LogP contribution is 2.21. The fourth-order valence-corrected chi connectivity index (χ4v) is 2.61. The molecule has 8 heteroatoms. The van der Waals surface area contributed by atoms with E-state index < -0.39 is 24.5 Å². The summed E-state index contributed by atoms with van der Waals surface area (Å²) in [4.78, 5) is 38.7. The van der Waals surface area contributed by atoms with Gasteiger partial charge in [-0.2, -0.15) is 0 Å². The molecule has 138 valence electrons. The number of carbonyl (C=O) groups is 3. The molecule has 0 fully saturated rings. The van der Waals surface area contributed by atoms with Gasteiger partial charge in [0.05, 0.1) is 12.7 Å². The second-order valence-electron chi connectivity index (χ2n) is 5.70. The van der Waals surface area contributed by atoms with Crippen LogP contribution in [-0.4, -0.2) is 36.5 Å². The Bertz CT molecular complexity index is 873. The molecule has 0 saturated heterocycles. The van der Waals surface area contributed by atoms with E-state index in [1.54, 1.807) is 32.0 Å². The van der Waals surface area contributed by atoms with Crippen molar-refractivity contribution in [2.45, 2.75) is 20.8 Å². The van der Waals surface area contributed by atoms with Crippen LogP contribution in [0.3, 0.4) is 0 Å². The van der Waals surface area contributed by atoms with Crippen LogP contribution < -0.4 is 5.32 Å². The van der Waals surface area contributed by atoms with Crippen LogP contribution in [0.15, 0.2) is 18.2 Å². The lowest BCUT2D eigenvalue weighted by Crippen LogP contribution is -2.21. The maximum absolute atomic E-state index is 12.2. The second kappa shape index (κ2) is 8.05. The quantitative estimate of drug-likeness (QED) is 0.779. The molecule has 1 amide bonds. The average Bonchev–Trinajstić information content (AvgIpc) is 2.90. The number of ether oxygens (including phenoxy) is 2. The summed E-state index contributed by atoms with van der Waals surface area (Å²) in [6.07, 6.45) is 0. The summed E-state index contributed by atoms with van der Waals surface area (Å²) >= 11 is 6.00. The number of nitrogens with one attached hydrogen (secondary N) is 2. The van der Waals surface area contributed by atoms with Crippen LogP contribution in [0.1, 0.15) is 37.7 Å². The smallest absolute Gasteiger partial charge is 0.355 e. The van der Waals surface area contributed by atoms with Crippen LogP contribution in [0.4, 0.5) is 5.69 Å². The van der Waals surface area contributed by atoms with E-state index in [1.807, 2.05) is 6.92 Å². The van der Waals surface area contributed by atoms with Crippen molar-refractivity contribution in [3.05, 3.63) is 51.3 Å². The van der Waals surface area contributed by atoms with Gasteiger partial charge in [-0.15, -0.1) is 0 Å². The van der Waals surface area contributed by atoms with E-state index >= 15 is 0 Å². The zero-order valence-corrected chi connectivity index (χ0v) is 15.6. The van der Waals surface area contributed by atoms with Crippen molar-refractivity contribution in [2.75, 3.05) is 19.0 Å². The van der Waals surface area contributed by atoms with Gasteiger partial charge in [0.1, 0.15) is 5.69 Å². The van der Waals surface area contributed by atoms with Crippen molar-refractivity contribution >= 4 is 35.1 Å². The number of carbonyl (C=O) groups excluding carboxylic acids is 3. The molecule has 0 bridgehead atoms. The van der Waals surface area contributed by atoms with Crippen molar-refractivity contribution in [1.29, 1.82) is 0 Å². The number of amides is 1. The average molecular weight is 379 g/mol. The maximum Gasteiger partial charge on any atom is 0.355 e. The molecule has 26 heavy (non-hydrogen) atoms. The lowest BCUT2D eigenvalue weighted by molar-refractivity contribution is -0.119. The van der Waals surface area contributed by atoms with E-state index in [0.717, 1.165) is 5.56 Å². The first-order valence-electron chi connectivity index (χ1n) is 7.75. The highest BCUT2D eigenvalue weighted by molar-refractivity contribution is 6.31. The van der Waals surface area contributed by atoms with Crippen molar-refractivity contribution < 1.29 is 23.9 Å². The largest absolute Gasteiger partial charge is 0.465 e. The van der Waals surface area contributed by atoms with Gasteiger partial charge in [-0.05, 0) is 44.0 Å². The Labute approximate surface area is 155 Å². The fraction of sp³-hybridized carbons (Fsp3) is 0.278. The lowest BCUT2D eigenvalue weighted by atomic mass is 10.1. The van der Waals surface area contributed by atoms with Gasteiger partial charge in [0.2, 0.25) is 0 Å². The van der Waals surface area contributed by atoms with Gasteiger partial charge >= 0.3 is 11.9 Å². The fourth-order valence-electron chi connectivity index (χ4n) is 2.43. The van der Waals surface area contributed by atoms with Crippen LogP contribution >= 0.6 is 11.6 Å².